The molecule has 0 aromatic heterocycles. The molecule has 2 amide bonds. The Morgan fingerprint density at radius 3 is 2.70 bits per heavy atom. The molecule has 1 aromatic rings. The quantitative estimate of drug-likeness (QED) is 0.882. The standard InChI is InChI=1S/C16H22ClFN2O3/c1-11(14-12(17)4-3-5-13(14)18)19-15(22)20-8-6-16(10-21,23-2)7-9-20/h3-5,11,21H,6-10H2,1-2H3,(H,19,22). The number of likely N-dealkylation sites (tertiary alicyclic amines) is 1. The maximum absolute atomic E-state index is 13.9. The van der Waals surface area contributed by atoms with Crippen LogP contribution in [-0.4, -0.2) is 48.4 Å². The van der Waals surface area contributed by atoms with E-state index in [1.165, 1.54) is 12.1 Å². The Hall–Kier alpha value is -1.37. The summed E-state index contributed by atoms with van der Waals surface area (Å²) in [5, 5.41) is 12.5. The van der Waals surface area contributed by atoms with Gasteiger partial charge in [0.1, 0.15) is 5.82 Å². The van der Waals surface area contributed by atoms with Crippen LogP contribution in [0.15, 0.2) is 18.2 Å². The number of rotatable bonds is 4. The second-order valence-electron chi connectivity index (χ2n) is 5.84. The maximum atomic E-state index is 13.9. The van der Waals surface area contributed by atoms with Crippen molar-refractivity contribution in [1.82, 2.24) is 10.2 Å². The third kappa shape index (κ3) is 3.94. The van der Waals surface area contributed by atoms with Crippen molar-refractivity contribution >= 4 is 17.6 Å². The summed E-state index contributed by atoms with van der Waals surface area (Å²) in [6.45, 7) is 2.56. The molecule has 2 rings (SSSR count). The summed E-state index contributed by atoms with van der Waals surface area (Å²) < 4.78 is 19.3. The summed E-state index contributed by atoms with van der Waals surface area (Å²) >= 11 is 6.02. The lowest BCUT2D eigenvalue weighted by atomic mass is 9.92. The van der Waals surface area contributed by atoms with Crippen molar-refractivity contribution in [1.29, 1.82) is 0 Å². The highest BCUT2D eigenvalue weighted by atomic mass is 35.5. The summed E-state index contributed by atoms with van der Waals surface area (Å²) in [7, 11) is 1.56. The van der Waals surface area contributed by atoms with E-state index in [1.807, 2.05) is 0 Å². The van der Waals surface area contributed by atoms with E-state index in [1.54, 1.807) is 25.0 Å². The largest absolute Gasteiger partial charge is 0.393 e. The molecular formula is C16H22ClFN2O3. The minimum atomic E-state index is -0.572. The number of aliphatic hydroxyl groups excluding tert-OH is 1. The lowest BCUT2D eigenvalue weighted by Gasteiger charge is -2.39. The van der Waals surface area contributed by atoms with Crippen LogP contribution in [-0.2, 0) is 4.74 Å². The number of carbonyl (C=O) groups excluding carboxylic acids is 1. The number of ether oxygens (including phenoxy) is 1. The minimum Gasteiger partial charge on any atom is -0.393 e. The fourth-order valence-electron chi connectivity index (χ4n) is 2.82. The number of methoxy groups -OCH3 is 1. The Morgan fingerprint density at radius 2 is 2.17 bits per heavy atom. The molecule has 1 unspecified atom stereocenters. The molecule has 0 radical (unpaired) electrons. The summed E-state index contributed by atoms with van der Waals surface area (Å²) in [6, 6.07) is 3.62. The Balaban J connectivity index is 1.98. The van der Waals surface area contributed by atoms with Crippen LogP contribution < -0.4 is 5.32 Å². The maximum Gasteiger partial charge on any atom is 0.317 e. The molecule has 1 aromatic carbocycles. The van der Waals surface area contributed by atoms with E-state index in [-0.39, 0.29) is 23.2 Å². The Bertz CT molecular complexity index is 536. The third-order valence-electron chi connectivity index (χ3n) is 4.46. The van der Waals surface area contributed by atoms with Gasteiger partial charge in [0.15, 0.2) is 0 Å². The first-order valence-corrected chi connectivity index (χ1v) is 7.95. The molecular weight excluding hydrogens is 323 g/mol. The molecule has 7 heteroatoms. The van der Waals surface area contributed by atoms with Crippen LogP contribution in [0, 0.1) is 5.82 Å². The second kappa shape index (κ2) is 7.47. The van der Waals surface area contributed by atoms with Crippen LogP contribution in [0.1, 0.15) is 31.4 Å². The lowest BCUT2D eigenvalue weighted by molar-refractivity contribution is -0.0835. The molecule has 1 aliphatic heterocycles. The number of benzene rings is 1. The molecule has 0 bridgehead atoms. The number of halogens is 2. The molecule has 2 N–H and O–H groups in total. The second-order valence-corrected chi connectivity index (χ2v) is 6.25. The molecule has 1 heterocycles. The van der Waals surface area contributed by atoms with Crippen LogP contribution in [0.25, 0.3) is 0 Å². The Kier molecular flexibility index (Phi) is 5.84. The number of piperidine rings is 1. The van der Waals surface area contributed by atoms with Crippen molar-refractivity contribution in [3.8, 4) is 0 Å². The van der Waals surface area contributed by atoms with E-state index in [9.17, 15) is 14.3 Å². The fraction of sp³-hybridized carbons (Fsp3) is 0.562. The third-order valence-corrected chi connectivity index (χ3v) is 4.79. The number of hydrogen-bond acceptors (Lipinski definition) is 3. The van der Waals surface area contributed by atoms with Crippen molar-refractivity contribution in [3.63, 3.8) is 0 Å². The zero-order chi connectivity index (χ0) is 17.0. The van der Waals surface area contributed by atoms with Gasteiger partial charge in [0.25, 0.3) is 0 Å². The topological polar surface area (TPSA) is 61.8 Å². The summed E-state index contributed by atoms with van der Waals surface area (Å²) in [5.74, 6) is -0.442. The van der Waals surface area contributed by atoms with Gasteiger partial charge in [-0.25, -0.2) is 9.18 Å². The van der Waals surface area contributed by atoms with E-state index in [2.05, 4.69) is 5.32 Å². The van der Waals surface area contributed by atoms with Gasteiger partial charge < -0.3 is 20.1 Å². The first kappa shape index (κ1) is 18.0. The zero-order valence-corrected chi connectivity index (χ0v) is 14.1. The number of amides is 2. The first-order chi connectivity index (χ1) is 10.9. The van der Waals surface area contributed by atoms with E-state index in [0.717, 1.165) is 0 Å². The number of aliphatic hydroxyl groups is 1. The highest BCUT2D eigenvalue weighted by Gasteiger charge is 2.35. The number of urea groups is 1. The van der Waals surface area contributed by atoms with Gasteiger partial charge in [0, 0.05) is 30.8 Å². The Morgan fingerprint density at radius 1 is 1.52 bits per heavy atom. The van der Waals surface area contributed by atoms with Gasteiger partial charge in [-0.1, -0.05) is 17.7 Å². The average molecular weight is 345 g/mol. The van der Waals surface area contributed by atoms with Crippen LogP contribution in [0.4, 0.5) is 9.18 Å². The first-order valence-electron chi connectivity index (χ1n) is 7.58. The summed E-state index contributed by atoms with van der Waals surface area (Å²) in [6.07, 6.45) is 1.12. The monoisotopic (exact) mass is 344 g/mol. The molecule has 23 heavy (non-hydrogen) atoms. The Labute approximate surface area is 140 Å². The van der Waals surface area contributed by atoms with E-state index in [4.69, 9.17) is 16.3 Å². The molecule has 0 saturated carbocycles. The SMILES string of the molecule is COC1(CO)CCN(C(=O)NC(C)c2c(F)cccc2Cl)CC1. The molecule has 1 atom stereocenters. The van der Waals surface area contributed by atoms with Crippen molar-refractivity contribution in [2.24, 2.45) is 0 Å². The predicted molar refractivity (Wildman–Crippen MR) is 86.0 cm³/mol. The number of nitrogens with zero attached hydrogens (tertiary/aromatic N) is 1. The molecule has 5 nitrogen and oxygen atoms in total. The van der Waals surface area contributed by atoms with Crippen LogP contribution in [0.2, 0.25) is 5.02 Å². The van der Waals surface area contributed by atoms with Crippen molar-refractivity contribution < 1.29 is 19.0 Å². The fourth-order valence-corrected chi connectivity index (χ4v) is 3.14. The van der Waals surface area contributed by atoms with Crippen LogP contribution >= 0.6 is 11.6 Å². The van der Waals surface area contributed by atoms with Crippen molar-refractivity contribution in [2.45, 2.75) is 31.4 Å². The van der Waals surface area contributed by atoms with Gasteiger partial charge in [-0.2, -0.15) is 0 Å². The molecule has 128 valence electrons. The van der Waals surface area contributed by atoms with Gasteiger partial charge in [-0.05, 0) is 31.9 Å². The molecule has 0 aliphatic carbocycles. The highest BCUT2D eigenvalue weighted by molar-refractivity contribution is 6.31. The smallest absolute Gasteiger partial charge is 0.317 e. The van der Waals surface area contributed by atoms with Crippen molar-refractivity contribution in [2.75, 3.05) is 26.8 Å². The van der Waals surface area contributed by atoms with E-state index < -0.39 is 17.5 Å². The molecule has 1 fully saturated rings. The van der Waals surface area contributed by atoms with Gasteiger partial charge in [-0.15, -0.1) is 0 Å². The van der Waals surface area contributed by atoms with Crippen LogP contribution in [0.3, 0.4) is 0 Å². The van der Waals surface area contributed by atoms with Crippen LogP contribution in [0.5, 0.6) is 0 Å². The zero-order valence-electron chi connectivity index (χ0n) is 13.3. The molecule has 1 aliphatic rings. The number of nitrogens with one attached hydrogen (secondary N) is 1. The van der Waals surface area contributed by atoms with E-state index in [0.29, 0.717) is 25.9 Å². The highest BCUT2D eigenvalue weighted by Crippen LogP contribution is 2.27. The average Bonchev–Trinajstić information content (AvgIpc) is 2.54. The van der Waals surface area contributed by atoms with E-state index >= 15 is 0 Å². The number of carbonyl (C=O) groups is 1. The van der Waals surface area contributed by atoms with Gasteiger partial charge in [-0.3, -0.25) is 0 Å². The number of hydrogen-bond donors (Lipinski definition) is 2. The molecule has 1 saturated heterocycles. The molecule has 0 spiro atoms. The van der Waals surface area contributed by atoms with Gasteiger partial charge >= 0.3 is 6.03 Å². The summed E-state index contributed by atoms with van der Waals surface area (Å²) in [5.41, 5.74) is -0.293. The summed E-state index contributed by atoms with van der Waals surface area (Å²) in [4.78, 5) is 14.0. The minimum absolute atomic E-state index is 0.0692. The van der Waals surface area contributed by atoms with Crippen molar-refractivity contribution in [3.05, 3.63) is 34.6 Å². The predicted octanol–water partition coefficient (Wildman–Crippen LogP) is 2.72. The normalized spacial score (nSPS) is 18.6. The van der Waals surface area contributed by atoms with Gasteiger partial charge in [0.05, 0.1) is 18.2 Å². The van der Waals surface area contributed by atoms with Gasteiger partial charge in [0.2, 0.25) is 0 Å². The lowest BCUT2D eigenvalue weighted by Crippen LogP contribution is -2.52.